The second kappa shape index (κ2) is 5.10. The fourth-order valence-electron chi connectivity index (χ4n) is 4.50. The normalized spacial score (nSPS) is 14.1. The van der Waals surface area contributed by atoms with Gasteiger partial charge in [0.1, 0.15) is 0 Å². The SMILES string of the molecule is C[Si](C)(C)C([Si](C)(C)C)[Si](C)(C)c1ccccc1. The predicted octanol–water partition coefficient (Wildman–Crippen LogP) is 4.73. The summed E-state index contributed by atoms with van der Waals surface area (Å²) in [6.45, 7) is 20.7. The van der Waals surface area contributed by atoms with Crippen molar-refractivity contribution in [2.45, 2.75) is 57.2 Å². The van der Waals surface area contributed by atoms with Crippen LogP contribution < -0.4 is 5.19 Å². The molecule has 1 rings (SSSR count). The van der Waals surface area contributed by atoms with Gasteiger partial charge in [0.05, 0.1) is 8.07 Å². The molecule has 0 fully saturated rings. The summed E-state index contributed by atoms with van der Waals surface area (Å²) in [6.07, 6.45) is 0. The van der Waals surface area contributed by atoms with E-state index in [1.165, 1.54) is 0 Å². The molecule has 0 bridgehead atoms. The predicted molar refractivity (Wildman–Crippen MR) is 94.0 cm³/mol. The lowest BCUT2D eigenvalue weighted by Gasteiger charge is -2.48. The first-order chi connectivity index (χ1) is 7.97. The van der Waals surface area contributed by atoms with Gasteiger partial charge in [-0.2, -0.15) is 0 Å². The molecule has 0 aliphatic carbocycles. The molecule has 0 saturated carbocycles. The van der Waals surface area contributed by atoms with Gasteiger partial charge in [0.25, 0.3) is 0 Å². The van der Waals surface area contributed by atoms with E-state index in [1.807, 2.05) is 0 Å². The zero-order valence-electron chi connectivity index (χ0n) is 13.5. The van der Waals surface area contributed by atoms with Crippen LogP contribution in [-0.4, -0.2) is 24.2 Å². The van der Waals surface area contributed by atoms with Crippen LogP contribution in [0.2, 0.25) is 57.2 Å². The van der Waals surface area contributed by atoms with E-state index in [0.717, 1.165) is 4.79 Å². The third kappa shape index (κ3) is 3.46. The third-order valence-corrected chi connectivity index (χ3v) is 25.4. The van der Waals surface area contributed by atoms with E-state index >= 15 is 0 Å². The molecule has 0 amide bonds. The maximum Gasteiger partial charge on any atom is 0.0785 e. The van der Waals surface area contributed by atoms with Crippen molar-refractivity contribution in [2.75, 3.05) is 0 Å². The number of hydrogen-bond donors (Lipinski definition) is 0. The maximum atomic E-state index is 2.60. The van der Waals surface area contributed by atoms with E-state index < -0.39 is 24.2 Å². The van der Waals surface area contributed by atoms with Gasteiger partial charge in [-0.15, -0.1) is 0 Å². The molecular weight excluding hydrogens is 264 g/mol. The van der Waals surface area contributed by atoms with E-state index in [1.54, 1.807) is 5.19 Å². The Balaban J connectivity index is 3.30. The van der Waals surface area contributed by atoms with Crippen molar-refractivity contribution in [1.29, 1.82) is 0 Å². The minimum Gasteiger partial charge on any atom is -0.0697 e. The first-order valence-corrected chi connectivity index (χ1v) is 17.3. The molecule has 0 aliphatic heterocycles. The summed E-state index contributed by atoms with van der Waals surface area (Å²) < 4.78 is 0. The van der Waals surface area contributed by atoms with Crippen LogP contribution in [0.25, 0.3) is 0 Å². The Hall–Kier alpha value is -0.129. The molecule has 0 nitrogen and oxygen atoms in total. The second-order valence-electron chi connectivity index (χ2n) is 8.25. The highest BCUT2D eigenvalue weighted by molar-refractivity contribution is 7.16. The van der Waals surface area contributed by atoms with Gasteiger partial charge in [-0.25, -0.2) is 0 Å². The van der Waals surface area contributed by atoms with Gasteiger partial charge in [-0.05, 0) is 0 Å². The zero-order valence-corrected chi connectivity index (χ0v) is 16.5. The first kappa shape index (κ1) is 15.9. The molecule has 0 atom stereocenters. The Labute approximate surface area is 117 Å². The summed E-state index contributed by atoms with van der Waals surface area (Å²) in [7, 11) is -3.59. The molecular formula is C15H30Si3. The third-order valence-electron chi connectivity index (χ3n) is 3.97. The average molecular weight is 295 g/mol. The number of rotatable bonds is 4. The van der Waals surface area contributed by atoms with Crippen LogP contribution in [0.4, 0.5) is 0 Å². The molecule has 0 aromatic heterocycles. The van der Waals surface area contributed by atoms with Gasteiger partial charge < -0.3 is 0 Å². The Morgan fingerprint density at radius 3 is 1.39 bits per heavy atom. The molecule has 0 aliphatic rings. The van der Waals surface area contributed by atoms with Gasteiger partial charge in [0.2, 0.25) is 0 Å². The highest BCUT2D eigenvalue weighted by Gasteiger charge is 2.48. The van der Waals surface area contributed by atoms with E-state index in [0.29, 0.717) is 0 Å². The van der Waals surface area contributed by atoms with Crippen molar-refractivity contribution in [3.05, 3.63) is 30.3 Å². The Bertz CT molecular complexity index is 368. The minimum absolute atomic E-state index is 1.03. The lowest BCUT2D eigenvalue weighted by molar-refractivity contribution is 1.35. The van der Waals surface area contributed by atoms with Crippen LogP contribution in [-0.2, 0) is 0 Å². The Morgan fingerprint density at radius 2 is 1.06 bits per heavy atom. The molecule has 0 spiro atoms. The molecule has 0 unspecified atom stereocenters. The average Bonchev–Trinajstić information content (AvgIpc) is 2.13. The van der Waals surface area contributed by atoms with Crippen molar-refractivity contribution in [2.24, 2.45) is 0 Å². The van der Waals surface area contributed by atoms with Crippen LogP contribution in [0.5, 0.6) is 0 Å². The Kier molecular flexibility index (Phi) is 4.51. The van der Waals surface area contributed by atoms with Crippen molar-refractivity contribution in [3.8, 4) is 0 Å². The van der Waals surface area contributed by atoms with Crippen molar-refractivity contribution in [1.82, 2.24) is 0 Å². The summed E-state index contributed by atoms with van der Waals surface area (Å²) in [5.41, 5.74) is 0. The summed E-state index contributed by atoms with van der Waals surface area (Å²) in [6, 6.07) is 11.3. The number of benzene rings is 1. The van der Waals surface area contributed by atoms with Crippen molar-refractivity contribution in [3.63, 3.8) is 0 Å². The van der Waals surface area contributed by atoms with Crippen LogP contribution in [0.1, 0.15) is 0 Å². The highest BCUT2D eigenvalue weighted by Crippen LogP contribution is 2.39. The van der Waals surface area contributed by atoms with E-state index in [-0.39, 0.29) is 0 Å². The first-order valence-electron chi connectivity index (χ1n) is 7.03. The minimum atomic E-state index is -1.36. The molecule has 0 heterocycles. The van der Waals surface area contributed by atoms with Crippen LogP contribution in [0, 0.1) is 0 Å². The van der Waals surface area contributed by atoms with Crippen LogP contribution in [0.15, 0.2) is 30.3 Å². The van der Waals surface area contributed by atoms with Crippen molar-refractivity contribution >= 4 is 29.4 Å². The molecule has 0 N–H and O–H groups in total. The van der Waals surface area contributed by atoms with Gasteiger partial charge >= 0.3 is 0 Å². The molecule has 0 saturated heterocycles. The summed E-state index contributed by atoms with van der Waals surface area (Å²) >= 11 is 0. The summed E-state index contributed by atoms with van der Waals surface area (Å²) in [5, 5.41) is 1.65. The van der Waals surface area contributed by atoms with Gasteiger partial charge in [-0.1, -0.05) is 92.7 Å². The summed E-state index contributed by atoms with van der Waals surface area (Å²) in [4.78, 5) is 1.03. The smallest absolute Gasteiger partial charge is 0.0697 e. The lowest BCUT2D eigenvalue weighted by atomic mass is 10.4. The maximum absolute atomic E-state index is 2.60. The molecule has 102 valence electrons. The zero-order chi connectivity index (χ0) is 14.2. The van der Waals surface area contributed by atoms with E-state index in [2.05, 4.69) is 82.7 Å². The molecule has 3 heteroatoms. The monoisotopic (exact) mass is 294 g/mol. The van der Waals surface area contributed by atoms with Crippen molar-refractivity contribution < 1.29 is 0 Å². The van der Waals surface area contributed by atoms with E-state index in [4.69, 9.17) is 0 Å². The highest BCUT2D eigenvalue weighted by atomic mass is 28.5. The fourth-order valence-corrected chi connectivity index (χ4v) is 34.6. The van der Waals surface area contributed by atoms with Gasteiger partial charge in [0.15, 0.2) is 0 Å². The molecule has 1 aromatic carbocycles. The molecule has 0 radical (unpaired) electrons. The quantitative estimate of drug-likeness (QED) is 0.704. The lowest BCUT2D eigenvalue weighted by Crippen LogP contribution is -2.62. The topological polar surface area (TPSA) is 0 Å². The molecule has 1 aromatic rings. The van der Waals surface area contributed by atoms with Gasteiger partial charge in [-0.3, -0.25) is 0 Å². The second-order valence-corrected chi connectivity index (χ2v) is 25.2. The fraction of sp³-hybridized carbons (Fsp3) is 0.600. The van der Waals surface area contributed by atoms with Crippen LogP contribution in [0.3, 0.4) is 0 Å². The molecule has 18 heavy (non-hydrogen) atoms. The number of hydrogen-bond acceptors (Lipinski definition) is 0. The summed E-state index contributed by atoms with van der Waals surface area (Å²) in [5.74, 6) is 0. The van der Waals surface area contributed by atoms with Crippen LogP contribution >= 0.6 is 0 Å². The van der Waals surface area contributed by atoms with E-state index in [9.17, 15) is 0 Å². The Morgan fingerprint density at radius 1 is 0.667 bits per heavy atom. The largest absolute Gasteiger partial charge is 0.0785 e. The standard InChI is InChI=1S/C15H30Si3/c1-16(2,3)15(17(4,5)6)18(7,8)14-12-10-9-11-13-14/h9-13,15H,1-8H3. The van der Waals surface area contributed by atoms with Gasteiger partial charge in [0, 0.05) is 16.1 Å².